The number of ether oxygens (including phenoxy) is 1. The van der Waals surface area contributed by atoms with Gasteiger partial charge in [0.25, 0.3) is 0 Å². The number of carbonyl (C=O) groups is 1. The summed E-state index contributed by atoms with van der Waals surface area (Å²) in [5.74, 6) is 0.607. The Balaban J connectivity index is 0. The smallest absolute Gasteiger partial charge is 0.410 e. The number of carbonyl (C=O) groups excluding carboxylic acids is 1. The van der Waals surface area contributed by atoms with Gasteiger partial charge in [-0.05, 0) is 53.2 Å². The van der Waals surface area contributed by atoms with Crippen molar-refractivity contribution in [1.82, 2.24) is 10.2 Å². The summed E-state index contributed by atoms with van der Waals surface area (Å²) in [7, 11) is 0. The molecule has 1 N–H and O–H groups in total. The van der Waals surface area contributed by atoms with Gasteiger partial charge in [-0.2, -0.15) is 0 Å². The van der Waals surface area contributed by atoms with Crippen molar-refractivity contribution in [3.63, 3.8) is 0 Å². The van der Waals surface area contributed by atoms with E-state index in [1.807, 2.05) is 41.5 Å². The van der Waals surface area contributed by atoms with Crippen LogP contribution in [0.5, 0.6) is 0 Å². The zero-order valence-corrected chi connectivity index (χ0v) is 17.0. The van der Waals surface area contributed by atoms with Crippen LogP contribution in [0.15, 0.2) is 11.8 Å². The minimum Gasteiger partial charge on any atom is -0.444 e. The summed E-state index contributed by atoms with van der Waals surface area (Å²) in [4.78, 5) is 13.7. The van der Waals surface area contributed by atoms with Crippen LogP contribution in [0.2, 0.25) is 0 Å². The van der Waals surface area contributed by atoms with Gasteiger partial charge in [-0.3, -0.25) is 0 Å². The molecule has 0 spiro atoms. The van der Waals surface area contributed by atoms with E-state index in [0.29, 0.717) is 19.0 Å². The van der Waals surface area contributed by atoms with E-state index in [-0.39, 0.29) is 6.09 Å². The minimum absolute atomic E-state index is 0.244. The van der Waals surface area contributed by atoms with Gasteiger partial charge < -0.3 is 15.0 Å². The van der Waals surface area contributed by atoms with Crippen LogP contribution >= 0.6 is 0 Å². The summed E-state index contributed by atoms with van der Waals surface area (Å²) in [5.41, 5.74) is 0.918. The van der Waals surface area contributed by atoms with Crippen LogP contribution in [0, 0.1) is 5.92 Å². The maximum Gasteiger partial charge on any atom is 0.410 e. The lowest BCUT2D eigenvalue weighted by Gasteiger charge is -2.26. The lowest BCUT2D eigenvalue weighted by atomic mass is 9.99. The van der Waals surface area contributed by atoms with E-state index in [2.05, 4.69) is 32.3 Å². The molecule has 0 aromatic heterocycles. The number of amides is 1. The molecule has 0 aromatic carbocycles. The molecule has 0 saturated heterocycles. The zero-order chi connectivity index (χ0) is 18.5. The van der Waals surface area contributed by atoms with E-state index < -0.39 is 5.60 Å². The molecule has 138 valence electrons. The molecule has 0 heterocycles. The Morgan fingerprint density at radius 2 is 1.83 bits per heavy atom. The summed E-state index contributed by atoms with van der Waals surface area (Å²) >= 11 is 0. The van der Waals surface area contributed by atoms with Crippen LogP contribution in [0.4, 0.5) is 4.79 Å². The van der Waals surface area contributed by atoms with Gasteiger partial charge in [-0.15, -0.1) is 0 Å². The van der Waals surface area contributed by atoms with Crippen molar-refractivity contribution < 1.29 is 9.53 Å². The van der Waals surface area contributed by atoms with Crippen molar-refractivity contribution in [1.29, 1.82) is 0 Å². The van der Waals surface area contributed by atoms with Crippen molar-refractivity contribution in [2.45, 2.75) is 80.8 Å². The lowest BCUT2D eigenvalue weighted by Crippen LogP contribution is -2.39. The molecule has 1 amide bonds. The Morgan fingerprint density at radius 3 is 2.26 bits per heavy atom. The Bertz CT molecular complexity index is 333. The van der Waals surface area contributed by atoms with Crippen LogP contribution in [0.3, 0.4) is 0 Å². The van der Waals surface area contributed by atoms with Crippen molar-refractivity contribution in [3.05, 3.63) is 11.8 Å². The first-order valence-corrected chi connectivity index (χ1v) is 9.09. The van der Waals surface area contributed by atoms with E-state index in [1.54, 1.807) is 4.90 Å². The minimum atomic E-state index is -0.440. The summed E-state index contributed by atoms with van der Waals surface area (Å²) < 4.78 is 5.38. The largest absolute Gasteiger partial charge is 0.444 e. The highest BCUT2D eigenvalue weighted by Crippen LogP contribution is 2.14. The molecule has 0 saturated carbocycles. The molecule has 0 aliphatic carbocycles. The fourth-order valence-corrected chi connectivity index (χ4v) is 1.94. The predicted molar refractivity (Wildman–Crippen MR) is 101 cm³/mol. The van der Waals surface area contributed by atoms with E-state index in [1.165, 1.54) is 18.4 Å². The number of nitrogens with one attached hydrogen (secondary N) is 1. The number of rotatable bonds is 8. The highest BCUT2D eigenvalue weighted by Gasteiger charge is 2.20. The van der Waals surface area contributed by atoms with E-state index >= 15 is 0 Å². The van der Waals surface area contributed by atoms with Crippen molar-refractivity contribution >= 4 is 6.09 Å². The van der Waals surface area contributed by atoms with Crippen LogP contribution in [-0.4, -0.2) is 36.2 Å². The van der Waals surface area contributed by atoms with Crippen molar-refractivity contribution in [3.8, 4) is 0 Å². The highest BCUT2D eigenvalue weighted by atomic mass is 16.6. The maximum atomic E-state index is 12.0. The molecule has 1 atom stereocenters. The fourth-order valence-electron chi connectivity index (χ4n) is 1.94. The van der Waals surface area contributed by atoms with E-state index in [0.717, 1.165) is 6.54 Å². The molecule has 0 aromatic rings. The third kappa shape index (κ3) is 13.0. The molecule has 0 aliphatic rings. The molecular weight excluding hydrogens is 288 g/mol. The summed E-state index contributed by atoms with van der Waals surface area (Å²) in [5, 5.41) is 3.30. The van der Waals surface area contributed by atoms with Crippen LogP contribution in [-0.2, 0) is 4.74 Å². The molecule has 0 fully saturated rings. The second-order valence-corrected chi connectivity index (χ2v) is 6.59. The molecule has 23 heavy (non-hydrogen) atoms. The van der Waals surface area contributed by atoms with Gasteiger partial charge in [0.15, 0.2) is 0 Å². The predicted octanol–water partition coefficient (Wildman–Crippen LogP) is 5.20. The quantitative estimate of drug-likeness (QED) is 0.623. The normalized spacial score (nSPS) is 12.8. The van der Waals surface area contributed by atoms with Gasteiger partial charge in [-0.1, -0.05) is 39.7 Å². The monoisotopic (exact) mass is 328 g/mol. The highest BCUT2D eigenvalue weighted by molar-refractivity contribution is 5.68. The first-order valence-electron chi connectivity index (χ1n) is 9.09. The molecule has 0 rings (SSSR count). The molecule has 0 radical (unpaired) electrons. The molecule has 4 heteroatoms. The fraction of sp³-hybridized carbons (Fsp3) is 0.842. The summed E-state index contributed by atoms with van der Waals surface area (Å²) in [6.07, 6.45) is 4.24. The number of allylic oxidation sites excluding steroid dienone is 1. The Kier molecular flexibility index (Phi) is 13.9. The topological polar surface area (TPSA) is 41.6 Å². The van der Waals surface area contributed by atoms with Gasteiger partial charge >= 0.3 is 6.09 Å². The maximum absolute atomic E-state index is 12.0. The average Bonchev–Trinajstić information content (AvgIpc) is 2.47. The van der Waals surface area contributed by atoms with Gasteiger partial charge in [0.1, 0.15) is 5.60 Å². The SMILES string of the molecule is CC.CCCC(C)/C(C)=C\NCCN(CC)C(=O)OC(C)(C)C. The molecule has 0 aliphatic heterocycles. The first kappa shape index (κ1) is 24.1. The first-order chi connectivity index (χ1) is 10.7. The Hall–Kier alpha value is -1.19. The summed E-state index contributed by atoms with van der Waals surface area (Å²) in [6.45, 7) is 20.3. The third-order valence-electron chi connectivity index (χ3n) is 3.39. The number of hydrogen-bond acceptors (Lipinski definition) is 3. The van der Waals surface area contributed by atoms with Crippen LogP contribution in [0.25, 0.3) is 0 Å². The molecular formula is C19H40N2O2. The van der Waals surface area contributed by atoms with Gasteiger partial charge in [-0.25, -0.2) is 4.79 Å². The van der Waals surface area contributed by atoms with Crippen molar-refractivity contribution in [2.24, 2.45) is 5.92 Å². The molecule has 1 unspecified atom stereocenters. The number of likely N-dealkylation sites (N-methyl/N-ethyl adjacent to an activating group) is 1. The van der Waals surface area contributed by atoms with Crippen LogP contribution in [0.1, 0.15) is 75.2 Å². The van der Waals surface area contributed by atoms with Crippen molar-refractivity contribution in [2.75, 3.05) is 19.6 Å². The number of hydrogen-bond donors (Lipinski definition) is 1. The zero-order valence-electron chi connectivity index (χ0n) is 17.0. The van der Waals surface area contributed by atoms with Crippen LogP contribution < -0.4 is 5.32 Å². The standard InChI is InChI=1S/C17H34N2O2.C2H6/c1-8-10-14(3)15(4)13-18-11-12-19(9-2)16(20)21-17(5,6)7;1-2/h13-14,18H,8-12H2,1-7H3;1-2H3/b15-13-;. The van der Waals surface area contributed by atoms with Gasteiger partial charge in [0.2, 0.25) is 0 Å². The second kappa shape index (κ2) is 13.3. The Morgan fingerprint density at radius 1 is 1.26 bits per heavy atom. The Labute approximate surface area is 144 Å². The van der Waals surface area contributed by atoms with E-state index in [9.17, 15) is 4.79 Å². The third-order valence-corrected chi connectivity index (χ3v) is 3.39. The molecule has 0 bridgehead atoms. The van der Waals surface area contributed by atoms with Gasteiger partial charge in [0, 0.05) is 19.6 Å². The number of nitrogens with zero attached hydrogens (tertiary/aromatic N) is 1. The average molecular weight is 329 g/mol. The molecule has 4 nitrogen and oxygen atoms in total. The summed E-state index contributed by atoms with van der Waals surface area (Å²) in [6, 6.07) is 0. The second-order valence-electron chi connectivity index (χ2n) is 6.59. The lowest BCUT2D eigenvalue weighted by molar-refractivity contribution is 0.0263. The van der Waals surface area contributed by atoms with Gasteiger partial charge in [0.05, 0.1) is 0 Å². The van der Waals surface area contributed by atoms with E-state index in [4.69, 9.17) is 4.74 Å².